The van der Waals surface area contributed by atoms with Crippen LogP contribution in [-0.2, 0) is 10.5 Å². The van der Waals surface area contributed by atoms with Crippen molar-refractivity contribution in [2.75, 3.05) is 6.61 Å². The average Bonchev–Trinajstić information content (AvgIpc) is 2.89. The molecule has 4 rings (SSSR count). The lowest BCUT2D eigenvalue weighted by Gasteiger charge is -2.27. The van der Waals surface area contributed by atoms with Crippen LogP contribution in [0.4, 0.5) is 5.69 Å². The molecule has 0 bridgehead atoms. The predicted molar refractivity (Wildman–Crippen MR) is 157 cm³/mol. The average molecular weight is 567 g/mol. The second kappa shape index (κ2) is 12.0. The van der Waals surface area contributed by atoms with Gasteiger partial charge in [-0.15, -0.1) is 0 Å². The molecule has 0 aromatic heterocycles. The van der Waals surface area contributed by atoms with Crippen molar-refractivity contribution < 1.29 is 4.74 Å². The van der Waals surface area contributed by atoms with Crippen LogP contribution in [0, 0.1) is 0 Å². The third-order valence-corrected chi connectivity index (χ3v) is 10.7. The van der Waals surface area contributed by atoms with Crippen molar-refractivity contribution in [3.8, 4) is 0 Å². The van der Waals surface area contributed by atoms with E-state index in [4.69, 9.17) is 21.7 Å². The van der Waals surface area contributed by atoms with Crippen molar-refractivity contribution in [3.05, 3.63) is 119 Å². The Morgan fingerprint density at radius 2 is 1.32 bits per heavy atom. The minimum atomic E-state index is -2.34. The van der Waals surface area contributed by atoms with Gasteiger partial charge in [0.2, 0.25) is 4.38 Å². The molecular weight excluding hydrogens is 541 g/mol. The number of thioether (sulfide) groups is 1. The standard InChI is InChI=1S/C28H25BrNOPS2/c1-2-31-28(33)34-21-22-20-23(29)18-19-27(22)30-32(24-12-6-3-7-13-24,25-14-8-4-9-15-25)26-16-10-5-11-17-26/h3-20H,2,21H2,1H3. The Hall–Kier alpha value is -2.17. The minimum Gasteiger partial charge on any atom is -0.479 e. The van der Waals surface area contributed by atoms with E-state index in [9.17, 15) is 0 Å². The molecule has 0 unspecified atom stereocenters. The van der Waals surface area contributed by atoms with Gasteiger partial charge >= 0.3 is 0 Å². The molecule has 0 aliphatic heterocycles. The molecule has 0 fully saturated rings. The van der Waals surface area contributed by atoms with Gasteiger partial charge in [-0.1, -0.05) is 119 Å². The van der Waals surface area contributed by atoms with E-state index in [-0.39, 0.29) is 0 Å². The van der Waals surface area contributed by atoms with Crippen molar-refractivity contribution in [3.63, 3.8) is 0 Å². The summed E-state index contributed by atoms with van der Waals surface area (Å²) < 4.78 is 12.7. The van der Waals surface area contributed by atoms with Crippen LogP contribution in [0.2, 0.25) is 0 Å². The van der Waals surface area contributed by atoms with E-state index in [0.29, 0.717) is 16.7 Å². The molecule has 6 heteroatoms. The zero-order chi connectivity index (χ0) is 23.8. The number of thiocarbonyl (C=S) groups is 1. The Balaban J connectivity index is 1.99. The first kappa shape index (κ1) is 24.9. The molecule has 34 heavy (non-hydrogen) atoms. The second-order valence-electron chi connectivity index (χ2n) is 7.49. The molecule has 0 N–H and O–H groups in total. The SMILES string of the molecule is CCOC(=S)SCc1cc(Br)ccc1N=P(c1ccccc1)(c1ccccc1)c1ccccc1. The number of hydrogen-bond acceptors (Lipinski definition) is 4. The fourth-order valence-electron chi connectivity index (χ4n) is 3.78. The molecule has 4 aromatic carbocycles. The second-order valence-corrected chi connectivity index (χ2v) is 13.0. The van der Waals surface area contributed by atoms with Crippen LogP contribution in [-0.4, -0.2) is 11.0 Å². The smallest absolute Gasteiger partial charge is 0.220 e. The number of benzene rings is 4. The molecule has 0 atom stereocenters. The normalized spacial score (nSPS) is 11.1. The van der Waals surface area contributed by atoms with Crippen LogP contribution >= 0.6 is 47.0 Å². The fourth-order valence-corrected chi connectivity index (χ4v) is 8.76. The Morgan fingerprint density at radius 1 is 0.824 bits per heavy atom. The van der Waals surface area contributed by atoms with Gasteiger partial charge in [0.15, 0.2) is 0 Å². The van der Waals surface area contributed by atoms with Gasteiger partial charge < -0.3 is 4.74 Å². The maximum Gasteiger partial charge on any atom is 0.220 e. The first-order valence-corrected chi connectivity index (χ1v) is 14.9. The highest BCUT2D eigenvalue weighted by atomic mass is 79.9. The highest BCUT2D eigenvalue weighted by Gasteiger charge is 2.27. The van der Waals surface area contributed by atoms with Gasteiger partial charge in [-0.25, -0.2) is 0 Å². The first-order chi connectivity index (χ1) is 16.6. The molecule has 4 aromatic rings. The predicted octanol–water partition coefficient (Wildman–Crippen LogP) is 7.81. The van der Waals surface area contributed by atoms with Crippen molar-refractivity contribution in [1.82, 2.24) is 0 Å². The summed E-state index contributed by atoms with van der Waals surface area (Å²) in [7, 11) is -2.34. The van der Waals surface area contributed by atoms with E-state index in [0.717, 1.165) is 15.7 Å². The monoisotopic (exact) mass is 565 g/mol. The molecule has 0 aliphatic carbocycles. The summed E-state index contributed by atoms with van der Waals surface area (Å²) in [6, 6.07) is 38.3. The lowest BCUT2D eigenvalue weighted by Crippen LogP contribution is -2.25. The van der Waals surface area contributed by atoms with Gasteiger partial charge in [0, 0.05) is 26.1 Å². The van der Waals surface area contributed by atoms with Gasteiger partial charge in [-0.2, -0.15) is 0 Å². The number of ether oxygens (including phenoxy) is 1. The van der Waals surface area contributed by atoms with Gasteiger partial charge in [-0.3, -0.25) is 4.74 Å². The Labute approximate surface area is 220 Å². The lowest BCUT2D eigenvalue weighted by molar-refractivity contribution is 0.346. The third kappa shape index (κ3) is 5.72. The minimum absolute atomic E-state index is 0.559. The summed E-state index contributed by atoms with van der Waals surface area (Å²) in [5.41, 5.74) is 2.09. The summed E-state index contributed by atoms with van der Waals surface area (Å²) in [6.07, 6.45) is 0. The van der Waals surface area contributed by atoms with Crippen molar-refractivity contribution >= 4 is 72.9 Å². The van der Waals surface area contributed by atoms with Crippen molar-refractivity contribution in [1.29, 1.82) is 0 Å². The van der Waals surface area contributed by atoms with E-state index in [1.807, 2.05) is 6.92 Å². The molecular formula is C28H25BrNOPS2. The number of nitrogens with zero attached hydrogens (tertiary/aromatic N) is 1. The maximum atomic E-state index is 5.66. The van der Waals surface area contributed by atoms with E-state index < -0.39 is 7.05 Å². The highest BCUT2D eigenvalue weighted by Crippen LogP contribution is 2.50. The topological polar surface area (TPSA) is 21.6 Å². The molecule has 0 spiro atoms. The largest absolute Gasteiger partial charge is 0.479 e. The van der Waals surface area contributed by atoms with Crippen molar-refractivity contribution in [2.24, 2.45) is 4.74 Å². The number of hydrogen-bond donors (Lipinski definition) is 0. The maximum absolute atomic E-state index is 5.66. The number of rotatable bonds is 7. The van der Waals surface area contributed by atoms with Gasteiger partial charge in [-0.05, 0) is 42.9 Å². The molecule has 0 saturated heterocycles. The van der Waals surface area contributed by atoms with Gasteiger partial charge in [0.25, 0.3) is 0 Å². The van der Waals surface area contributed by atoms with Crippen LogP contribution < -0.4 is 15.9 Å². The van der Waals surface area contributed by atoms with E-state index >= 15 is 0 Å². The molecule has 0 aliphatic rings. The summed E-state index contributed by atoms with van der Waals surface area (Å²) in [4.78, 5) is 0. The molecule has 2 nitrogen and oxygen atoms in total. The fraction of sp³-hybridized carbons (Fsp3) is 0.107. The summed E-state index contributed by atoms with van der Waals surface area (Å²) >= 11 is 10.5. The Bertz CT molecular complexity index is 1190. The van der Waals surface area contributed by atoms with E-state index in [2.05, 4.69) is 125 Å². The Kier molecular flexibility index (Phi) is 8.80. The summed E-state index contributed by atoms with van der Waals surface area (Å²) in [5, 5.41) is 3.66. The van der Waals surface area contributed by atoms with Gasteiger partial charge in [0.05, 0.1) is 19.3 Å². The van der Waals surface area contributed by atoms with E-state index in [1.54, 1.807) is 0 Å². The van der Waals surface area contributed by atoms with Crippen molar-refractivity contribution in [2.45, 2.75) is 12.7 Å². The lowest BCUT2D eigenvalue weighted by atomic mass is 10.2. The zero-order valence-corrected chi connectivity index (χ0v) is 22.9. The van der Waals surface area contributed by atoms with Crippen LogP contribution in [0.3, 0.4) is 0 Å². The van der Waals surface area contributed by atoms with Gasteiger partial charge in [0.1, 0.15) is 0 Å². The van der Waals surface area contributed by atoms with E-state index in [1.165, 1.54) is 27.7 Å². The molecule has 0 radical (unpaired) electrons. The molecule has 0 heterocycles. The van der Waals surface area contributed by atoms with Crippen LogP contribution in [0.1, 0.15) is 12.5 Å². The van der Waals surface area contributed by atoms with Crippen LogP contribution in [0.15, 0.2) is 118 Å². The summed E-state index contributed by atoms with van der Waals surface area (Å²) in [5.74, 6) is 0.690. The third-order valence-electron chi connectivity index (χ3n) is 5.30. The van der Waals surface area contributed by atoms with Crippen LogP contribution in [0.25, 0.3) is 0 Å². The van der Waals surface area contributed by atoms with Crippen LogP contribution in [0.5, 0.6) is 0 Å². The zero-order valence-electron chi connectivity index (χ0n) is 18.8. The summed E-state index contributed by atoms with van der Waals surface area (Å²) in [6.45, 7) is 2.53. The Morgan fingerprint density at radius 3 is 1.79 bits per heavy atom. The molecule has 0 saturated carbocycles. The quantitative estimate of drug-likeness (QED) is 0.168. The molecule has 0 amide bonds. The molecule has 172 valence electrons. The first-order valence-electron chi connectivity index (χ1n) is 11.0. The number of halogens is 1. The highest BCUT2D eigenvalue weighted by molar-refractivity contribution is 9.10.